The Morgan fingerprint density at radius 1 is 1.06 bits per heavy atom. The van der Waals surface area contributed by atoms with Crippen molar-refractivity contribution in [1.82, 2.24) is 9.88 Å². The fourth-order valence-electron chi connectivity index (χ4n) is 5.00. The number of benzene rings is 2. The van der Waals surface area contributed by atoms with Gasteiger partial charge in [0.25, 0.3) is 0 Å². The quantitative estimate of drug-likeness (QED) is 0.318. The molecule has 1 saturated heterocycles. The van der Waals surface area contributed by atoms with Crippen LogP contribution in [0.1, 0.15) is 54.1 Å². The molecule has 3 aromatic rings. The van der Waals surface area contributed by atoms with Gasteiger partial charge in [-0.2, -0.15) is 0 Å². The van der Waals surface area contributed by atoms with Crippen molar-refractivity contribution in [3.05, 3.63) is 99.2 Å². The van der Waals surface area contributed by atoms with E-state index in [-0.39, 0.29) is 0 Å². The van der Waals surface area contributed by atoms with Gasteiger partial charge in [-0.3, -0.25) is 0 Å². The number of pyridine rings is 1. The summed E-state index contributed by atoms with van der Waals surface area (Å²) in [7, 11) is 4.10. The lowest BCUT2D eigenvalue weighted by atomic mass is 9.84. The largest absolute Gasteiger partial charge is 0.385 e. The molecule has 0 aliphatic carbocycles. The van der Waals surface area contributed by atoms with E-state index < -0.39 is 5.60 Å². The number of allylic oxidation sites excluding steroid dienone is 1. The number of halogens is 1. The van der Waals surface area contributed by atoms with Crippen LogP contribution in [0.5, 0.6) is 0 Å². The van der Waals surface area contributed by atoms with Gasteiger partial charge < -0.3 is 14.9 Å². The summed E-state index contributed by atoms with van der Waals surface area (Å²) in [5.74, 6) is 1.07. The first kappa shape index (κ1) is 26.6. The zero-order valence-electron chi connectivity index (χ0n) is 21.8. The minimum atomic E-state index is -1.01. The molecule has 190 valence electrons. The highest BCUT2D eigenvalue weighted by Crippen LogP contribution is 2.34. The lowest BCUT2D eigenvalue weighted by molar-refractivity contribution is 0.0203. The predicted octanol–water partition coefficient (Wildman–Crippen LogP) is 6.41. The number of aliphatic hydroxyl groups is 1. The Bertz CT molecular complexity index is 1150. The molecule has 4 rings (SSSR count). The lowest BCUT2D eigenvalue weighted by Crippen LogP contribution is -2.34. The van der Waals surface area contributed by atoms with Crippen LogP contribution in [0.25, 0.3) is 6.08 Å². The van der Waals surface area contributed by atoms with Crippen molar-refractivity contribution in [2.24, 2.45) is 0 Å². The third-order valence-corrected chi connectivity index (χ3v) is 7.16. The Hall–Kier alpha value is -2.47. The molecule has 0 amide bonds. The minimum absolute atomic E-state index is 0.462. The van der Waals surface area contributed by atoms with Crippen molar-refractivity contribution in [3.8, 4) is 0 Å². The molecule has 5 heteroatoms. The predicted molar refractivity (Wildman–Crippen MR) is 155 cm³/mol. The Morgan fingerprint density at radius 2 is 1.69 bits per heavy atom. The van der Waals surface area contributed by atoms with Gasteiger partial charge in [-0.15, -0.1) is 0 Å². The molecular weight excluding hydrogens is 510 g/mol. The maximum atomic E-state index is 12.1. The molecular formula is C31H38BrN3O. The molecule has 4 nitrogen and oxygen atoms in total. The third-order valence-electron chi connectivity index (χ3n) is 6.93. The van der Waals surface area contributed by atoms with Crippen LogP contribution in [-0.2, 0) is 18.4 Å². The number of anilines is 1. The van der Waals surface area contributed by atoms with E-state index in [0.717, 1.165) is 53.2 Å². The van der Waals surface area contributed by atoms with E-state index in [2.05, 4.69) is 82.3 Å². The van der Waals surface area contributed by atoms with Crippen LogP contribution in [0.3, 0.4) is 0 Å². The van der Waals surface area contributed by atoms with Crippen LogP contribution in [-0.4, -0.2) is 48.7 Å². The van der Waals surface area contributed by atoms with E-state index in [1.54, 1.807) is 0 Å². The number of nitrogens with zero attached hydrogens (tertiary/aromatic N) is 3. The Morgan fingerprint density at radius 3 is 2.31 bits per heavy atom. The first-order valence-electron chi connectivity index (χ1n) is 12.9. The summed E-state index contributed by atoms with van der Waals surface area (Å²) >= 11 is 3.65. The summed E-state index contributed by atoms with van der Waals surface area (Å²) in [6, 6.07) is 23.0. The van der Waals surface area contributed by atoms with E-state index >= 15 is 0 Å². The van der Waals surface area contributed by atoms with Crippen LogP contribution in [0.15, 0.2) is 71.2 Å². The molecule has 1 aliphatic rings. The summed E-state index contributed by atoms with van der Waals surface area (Å²) in [5.41, 5.74) is 4.46. The molecule has 1 N–H and O–H groups in total. The van der Waals surface area contributed by atoms with Gasteiger partial charge in [-0.1, -0.05) is 76.6 Å². The summed E-state index contributed by atoms with van der Waals surface area (Å²) in [5, 5.41) is 12.1. The van der Waals surface area contributed by atoms with Gasteiger partial charge in [0.15, 0.2) is 0 Å². The standard InChI is InChI=1S/C31H38BrN3O/c1-24(32)20-26-22-27(21-25-12-6-4-7-13-25)30(35-17-10-11-18-35)33-29(26)23-31(36,16-19-34(2)3)28-14-8-5-9-15-28/h4-9,12-15,20,22,36H,10-11,16-19,21,23H2,1-3H3/b24-20+. The SMILES string of the molecule is C/C(Br)=C\c1cc(Cc2ccccc2)c(N2CCCC2)nc1CC(O)(CCN(C)C)c1ccccc1. The summed E-state index contributed by atoms with van der Waals surface area (Å²) in [4.78, 5) is 9.89. The summed E-state index contributed by atoms with van der Waals surface area (Å²) in [6.45, 7) is 4.90. The fraction of sp³-hybridized carbons (Fsp3) is 0.387. The molecule has 1 atom stereocenters. The van der Waals surface area contributed by atoms with E-state index in [0.29, 0.717) is 12.8 Å². The highest BCUT2D eigenvalue weighted by atomic mass is 79.9. The summed E-state index contributed by atoms with van der Waals surface area (Å²) < 4.78 is 1.04. The van der Waals surface area contributed by atoms with Crippen LogP contribution in [0.2, 0.25) is 0 Å². The van der Waals surface area contributed by atoms with E-state index in [4.69, 9.17) is 4.98 Å². The molecule has 0 spiro atoms. The first-order valence-corrected chi connectivity index (χ1v) is 13.7. The number of hydrogen-bond donors (Lipinski definition) is 1. The first-order chi connectivity index (χ1) is 17.3. The Kier molecular flexibility index (Phi) is 9.00. The lowest BCUT2D eigenvalue weighted by Gasteiger charge is -2.31. The third kappa shape index (κ3) is 6.84. The van der Waals surface area contributed by atoms with Crippen LogP contribution in [0, 0.1) is 0 Å². The molecule has 1 unspecified atom stereocenters. The maximum Gasteiger partial charge on any atom is 0.132 e. The van der Waals surface area contributed by atoms with Crippen molar-refractivity contribution in [1.29, 1.82) is 0 Å². The highest BCUT2D eigenvalue weighted by Gasteiger charge is 2.32. The van der Waals surface area contributed by atoms with E-state index in [1.807, 2.05) is 37.3 Å². The molecule has 2 heterocycles. The van der Waals surface area contributed by atoms with Crippen LogP contribution < -0.4 is 4.90 Å². The second kappa shape index (κ2) is 12.2. The average molecular weight is 549 g/mol. The van der Waals surface area contributed by atoms with Crippen molar-refractivity contribution >= 4 is 27.8 Å². The van der Waals surface area contributed by atoms with Crippen LogP contribution >= 0.6 is 15.9 Å². The number of hydrogen-bond acceptors (Lipinski definition) is 4. The van der Waals surface area contributed by atoms with E-state index in [1.165, 1.54) is 24.0 Å². The number of rotatable bonds is 10. The van der Waals surface area contributed by atoms with Gasteiger partial charge in [0.05, 0.1) is 11.3 Å². The zero-order chi connectivity index (χ0) is 25.5. The maximum absolute atomic E-state index is 12.1. The average Bonchev–Trinajstić information content (AvgIpc) is 3.40. The monoisotopic (exact) mass is 547 g/mol. The molecule has 2 aromatic carbocycles. The van der Waals surface area contributed by atoms with Gasteiger partial charge in [-0.05, 0) is 79.2 Å². The molecule has 0 bridgehead atoms. The minimum Gasteiger partial charge on any atom is -0.385 e. The Balaban J connectivity index is 1.81. The van der Waals surface area contributed by atoms with Gasteiger partial charge in [0.2, 0.25) is 0 Å². The molecule has 1 aliphatic heterocycles. The topological polar surface area (TPSA) is 39.6 Å². The van der Waals surface area contributed by atoms with Gasteiger partial charge in [0.1, 0.15) is 5.82 Å². The molecule has 0 saturated carbocycles. The van der Waals surface area contributed by atoms with Crippen molar-refractivity contribution in [2.45, 2.75) is 44.6 Å². The van der Waals surface area contributed by atoms with E-state index in [9.17, 15) is 5.11 Å². The normalized spacial score (nSPS) is 15.9. The van der Waals surface area contributed by atoms with Crippen molar-refractivity contribution < 1.29 is 5.11 Å². The molecule has 36 heavy (non-hydrogen) atoms. The van der Waals surface area contributed by atoms with Gasteiger partial charge in [0, 0.05) is 32.5 Å². The fourth-order valence-corrected chi connectivity index (χ4v) is 5.24. The molecule has 1 fully saturated rings. The van der Waals surface area contributed by atoms with Crippen molar-refractivity contribution in [3.63, 3.8) is 0 Å². The number of aromatic nitrogens is 1. The zero-order valence-corrected chi connectivity index (χ0v) is 23.3. The second-order valence-corrected chi connectivity index (χ2v) is 11.5. The van der Waals surface area contributed by atoms with Gasteiger partial charge >= 0.3 is 0 Å². The van der Waals surface area contributed by atoms with Crippen molar-refractivity contribution in [2.75, 3.05) is 38.6 Å². The smallest absolute Gasteiger partial charge is 0.132 e. The molecule has 1 aromatic heterocycles. The second-order valence-electron chi connectivity index (χ2n) is 10.2. The van der Waals surface area contributed by atoms with Crippen LogP contribution in [0.4, 0.5) is 5.82 Å². The Labute approximate surface area is 224 Å². The summed E-state index contributed by atoms with van der Waals surface area (Å²) in [6.07, 6.45) is 6.46. The van der Waals surface area contributed by atoms with Gasteiger partial charge in [-0.25, -0.2) is 4.98 Å². The molecule has 0 radical (unpaired) electrons. The highest BCUT2D eigenvalue weighted by molar-refractivity contribution is 9.11.